The maximum Gasteiger partial charge on any atom is 0.251 e. The van der Waals surface area contributed by atoms with Gasteiger partial charge in [0.25, 0.3) is 5.91 Å². The molecule has 6 nitrogen and oxygen atoms in total. The average Bonchev–Trinajstić information content (AvgIpc) is 3.11. The van der Waals surface area contributed by atoms with Crippen LogP contribution in [0.15, 0.2) is 81.5 Å². The van der Waals surface area contributed by atoms with Crippen molar-refractivity contribution in [3.05, 3.63) is 77.9 Å². The SMILES string of the molecule is CCCC1=Nc2cc(C(=O)NCCCNCCN(CC)c3ccc(OC)cc3)ccc2Sc2ccccc21. The Hall–Kier alpha value is -3.29. The van der Waals surface area contributed by atoms with E-state index in [1.54, 1.807) is 18.9 Å². The Bertz CT molecular complexity index is 1240. The number of methoxy groups -OCH3 is 1. The molecule has 7 heteroatoms. The van der Waals surface area contributed by atoms with Gasteiger partial charge in [0, 0.05) is 58.5 Å². The monoisotopic (exact) mass is 530 g/mol. The number of hydrogen-bond acceptors (Lipinski definition) is 6. The number of nitrogens with one attached hydrogen (secondary N) is 2. The molecule has 3 aromatic rings. The summed E-state index contributed by atoms with van der Waals surface area (Å²) in [6.07, 6.45) is 2.81. The first-order valence-electron chi connectivity index (χ1n) is 13.5. The first-order valence-corrected chi connectivity index (χ1v) is 14.3. The number of likely N-dealkylation sites (N-methyl/N-ethyl adjacent to an activating group) is 1. The molecule has 0 aromatic heterocycles. The number of carbonyl (C=O) groups is 1. The maximum absolute atomic E-state index is 12.9. The van der Waals surface area contributed by atoms with Crippen molar-refractivity contribution in [3.63, 3.8) is 0 Å². The lowest BCUT2D eigenvalue weighted by atomic mass is 10.1. The third-order valence-electron chi connectivity index (χ3n) is 6.57. The van der Waals surface area contributed by atoms with Crippen LogP contribution in [-0.4, -0.2) is 51.5 Å². The highest BCUT2D eigenvalue weighted by molar-refractivity contribution is 7.99. The van der Waals surface area contributed by atoms with Crippen LogP contribution < -0.4 is 20.3 Å². The van der Waals surface area contributed by atoms with E-state index in [4.69, 9.17) is 9.73 Å². The summed E-state index contributed by atoms with van der Waals surface area (Å²) in [5, 5.41) is 6.56. The second-order valence-electron chi connectivity index (χ2n) is 9.23. The summed E-state index contributed by atoms with van der Waals surface area (Å²) in [5.74, 6) is 0.817. The molecule has 0 bridgehead atoms. The number of fused-ring (bicyclic) bond motifs is 2. The van der Waals surface area contributed by atoms with E-state index in [2.05, 4.69) is 65.8 Å². The van der Waals surface area contributed by atoms with Crippen LogP contribution >= 0.6 is 11.8 Å². The number of ether oxygens (including phenoxy) is 1. The van der Waals surface area contributed by atoms with Crippen LogP contribution in [0, 0.1) is 0 Å². The number of rotatable bonds is 13. The number of amides is 1. The lowest BCUT2D eigenvalue weighted by molar-refractivity contribution is 0.0953. The van der Waals surface area contributed by atoms with Gasteiger partial charge in [0.1, 0.15) is 5.75 Å². The van der Waals surface area contributed by atoms with Crippen LogP contribution in [-0.2, 0) is 0 Å². The number of benzene rings is 3. The van der Waals surface area contributed by atoms with Crippen molar-refractivity contribution in [1.82, 2.24) is 10.6 Å². The first kappa shape index (κ1) is 27.7. The van der Waals surface area contributed by atoms with Gasteiger partial charge in [-0.25, -0.2) is 0 Å². The van der Waals surface area contributed by atoms with Gasteiger partial charge in [-0.05, 0) is 74.8 Å². The van der Waals surface area contributed by atoms with Crippen molar-refractivity contribution in [2.45, 2.75) is 42.9 Å². The van der Waals surface area contributed by atoms with E-state index in [0.717, 1.165) is 67.5 Å². The minimum absolute atomic E-state index is 0.0523. The molecule has 1 heterocycles. The zero-order chi connectivity index (χ0) is 26.7. The summed E-state index contributed by atoms with van der Waals surface area (Å²) in [6.45, 7) is 8.57. The smallest absolute Gasteiger partial charge is 0.251 e. The summed E-state index contributed by atoms with van der Waals surface area (Å²) in [6, 6.07) is 22.4. The van der Waals surface area contributed by atoms with Gasteiger partial charge in [-0.1, -0.05) is 43.3 Å². The predicted molar refractivity (Wildman–Crippen MR) is 159 cm³/mol. The van der Waals surface area contributed by atoms with Crippen molar-refractivity contribution in [2.24, 2.45) is 4.99 Å². The van der Waals surface area contributed by atoms with Crippen LogP contribution in [0.4, 0.5) is 11.4 Å². The fourth-order valence-electron chi connectivity index (χ4n) is 4.50. The van der Waals surface area contributed by atoms with E-state index in [1.165, 1.54) is 16.1 Å². The average molecular weight is 531 g/mol. The molecular formula is C31H38N4O2S. The van der Waals surface area contributed by atoms with Gasteiger partial charge in [0.05, 0.1) is 12.8 Å². The number of aliphatic imine (C=N–C) groups is 1. The Labute approximate surface area is 230 Å². The minimum Gasteiger partial charge on any atom is -0.497 e. The van der Waals surface area contributed by atoms with E-state index >= 15 is 0 Å². The fraction of sp³-hybridized carbons (Fsp3) is 0.355. The number of anilines is 1. The van der Waals surface area contributed by atoms with Crippen molar-refractivity contribution < 1.29 is 9.53 Å². The summed E-state index contributed by atoms with van der Waals surface area (Å²) in [7, 11) is 1.68. The lowest BCUT2D eigenvalue weighted by Gasteiger charge is -2.23. The van der Waals surface area contributed by atoms with E-state index in [1.807, 2.05) is 30.3 Å². The van der Waals surface area contributed by atoms with E-state index in [0.29, 0.717) is 12.1 Å². The molecule has 0 unspecified atom stereocenters. The quantitative estimate of drug-likeness (QED) is 0.253. The molecule has 1 amide bonds. The Morgan fingerprint density at radius 3 is 2.55 bits per heavy atom. The number of hydrogen-bond donors (Lipinski definition) is 2. The van der Waals surface area contributed by atoms with Crippen molar-refractivity contribution in [3.8, 4) is 5.75 Å². The standard InChI is InChI=1S/C31H38N4O2S/c1-4-9-27-26-10-6-7-11-29(26)38-30-17-12-23(22-28(30)34-27)31(36)33-19-8-18-32-20-21-35(5-2)24-13-15-25(37-3)16-14-24/h6-7,10-17,22,32H,4-5,8-9,18-21H2,1-3H3,(H,33,36). The van der Waals surface area contributed by atoms with Gasteiger partial charge in [-0.2, -0.15) is 0 Å². The lowest BCUT2D eigenvalue weighted by Crippen LogP contribution is -2.33. The van der Waals surface area contributed by atoms with Crippen molar-refractivity contribution in [2.75, 3.05) is 44.7 Å². The molecule has 200 valence electrons. The Morgan fingerprint density at radius 2 is 1.79 bits per heavy atom. The van der Waals surface area contributed by atoms with Crippen LogP contribution in [0.2, 0.25) is 0 Å². The Kier molecular flexibility index (Phi) is 10.2. The minimum atomic E-state index is -0.0523. The van der Waals surface area contributed by atoms with E-state index < -0.39 is 0 Å². The van der Waals surface area contributed by atoms with Gasteiger partial charge in [0.15, 0.2) is 0 Å². The van der Waals surface area contributed by atoms with E-state index in [9.17, 15) is 4.79 Å². The zero-order valence-corrected chi connectivity index (χ0v) is 23.4. The topological polar surface area (TPSA) is 66.0 Å². The molecule has 0 atom stereocenters. The predicted octanol–water partition coefficient (Wildman–Crippen LogP) is 6.32. The van der Waals surface area contributed by atoms with Gasteiger partial charge in [-0.15, -0.1) is 0 Å². The highest BCUT2D eigenvalue weighted by atomic mass is 32.2. The third-order valence-corrected chi connectivity index (χ3v) is 7.72. The summed E-state index contributed by atoms with van der Waals surface area (Å²) < 4.78 is 5.25. The highest BCUT2D eigenvalue weighted by Gasteiger charge is 2.18. The normalized spacial score (nSPS) is 12.1. The Balaban J connectivity index is 1.24. The molecular weight excluding hydrogens is 492 g/mol. The summed E-state index contributed by atoms with van der Waals surface area (Å²) >= 11 is 1.72. The summed E-state index contributed by atoms with van der Waals surface area (Å²) in [4.78, 5) is 22.5. The first-order chi connectivity index (χ1) is 18.6. The molecule has 0 saturated heterocycles. The molecule has 0 fully saturated rings. The van der Waals surface area contributed by atoms with Crippen LogP contribution in [0.3, 0.4) is 0 Å². The molecule has 38 heavy (non-hydrogen) atoms. The van der Waals surface area contributed by atoms with Crippen molar-refractivity contribution >= 4 is 34.8 Å². The second kappa shape index (κ2) is 14.0. The number of carbonyl (C=O) groups excluding carboxylic acids is 1. The molecule has 3 aromatic carbocycles. The van der Waals surface area contributed by atoms with Crippen molar-refractivity contribution in [1.29, 1.82) is 0 Å². The van der Waals surface area contributed by atoms with E-state index in [-0.39, 0.29) is 5.91 Å². The molecule has 0 radical (unpaired) electrons. The molecule has 4 rings (SSSR count). The summed E-state index contributed by atoms with van der Waals surface area (Å²) in [5.41, 5.74) is 5.01. The fourth-order valence-corrected chi connectivity index (χ4v) is 5.52. The molecule has 0 saturated carbocycles. The maximum atomic E-state index is 12.9. The molecule has 0 aliphatic carbocycles. The molecule has 1 aliphatic rings. The van der Waals surface area contributed by atoms with Crippen LogP contribution in [0.25, 0.3) is 0 Å². The Morgan fingerprint density at radius 1 is 0.974 bits per heavy atom. The molecule has 0 spiro atoms. The third kappa shape index (κ3) is 7.17. The molecule has 1 aliphatic heterocycles. The van der Waals surface area contributed by atoms with Crippen LogP contribution in [0.5, 0.6) is 5.75 Å². The van der Waals surface area contributed by atoms with Gasteiger partial charge >= 0.3 is 0 Å². The highest BCUT2D eigenvalue weighted by Crippen LogP contribution is 2.41. The zero-order valence-electron chi connectivity index (χ0n) is 22.6. The second-order valence-corrected chi connectivity index (χ2v) is 10.3. The van der Waals surface area contributed by atoms with Crippen LogP contribution in [0.1, 0.15) is 49.0 Å². The number of nitrogens with zero attached hydrogens (tertiary/aromatic N) is 2. The van der Waals surface area contributed by atoms with Gasteiger partial charge in [-0.3, -0.25) is 9.79 Å². The largest absolute Gasteiger partial charge is 0.497 e. The van der Waals surface area contributed by atoms with Gasteiger partial charge < -0.3 is 20.3 Å². The molecule has 2 N–H and O–H groups in total. The van der Waals surface area contributed by atoms with Gasteiger partial charge in [0.2, 0.25) is 0 Å².